The summed E-state index contributed by atoms with van der Waals surface area (Å²) in [4.78, 5) is 4.25. The van der Waals surface area contributed by atoms with Gasteiger partial charge in [-0.15, -0.1) is 0 Å². The van der Waals surface area contributed by atoms with Gasteiger partial charge in [-0.2, -0.15) is 4.98 Å². The van der Waals surface area contributed by atoms with Crippen molar-refractivity contribution >= 4 is 0 Å². The molecule has 1 saturated carbocycles. The molecule has 1 aliphatic rings. The Balaban J connectivity index is 1.94. The van der Waals surface area contributed by atoms with Crippen LogP contribution in [0.1, 0.15) is 25.2 Å². The summed E-state index contributed by atoms with van der Waals surface area (Å²) >= 11 is 0. The second kappa shape index (κ2) is 2.93. The van der Waals surface area contributed by atoms with Crippen LogP contribution in [-0.4, -0.2) is 10.1 Å². The molecule has 2 heterocycles. The maximum absolute atomic E-state index is 6.06. The molecule has 2 aromatic heterocycles. The van der Waals surface area contributed by atoms with E-state index in [4.69, 9.17) is 14.7 Å². The molecule has 1 aliphatic carbocycles. The molecule has 0 atom stereocenters. The van der Waals surface area contributed by atoms with Gasteiger partial charge in [0.1, 0.15) is 0 Å². The van der Waals surface area contributed by atoms with Gasteiger partial charge in [0.05, 0.1) is 11.8 Å². The first-order valence-electron chi connectivity index (χ1n) is 4.95. The fourth-order valence-electron chi connectivity index (χ4n) is 1.70. The molecule has 1 fully saturated rings. The van der Waals surface area contributed by atoms with Gasteiger partial charge in [-0.05, 0) is 31.4 Å². The Morgan fingerprint density at radius 1 is 1.40 bits per heavy atom. The van der Waals surface area contributed by atoms with Crippen LogP contribution < -0.4 is 5.73 Å². The average Bonchev–Trinajstić information content (AvgIpc) is 2.84. The molecule has 0 radical (unpaired) electrons. The van der Waals surface area contributed by atoms with Gasteiger partial charge in [-0.25, -0.2) is 0 Å². The Hall–Kier alpha value is -1.62. The number of nitrogens with two attached hydrogens (primary N) is 1. The summed E-state index contributed by atoms with van der Waals surface area (Å²) in [5, 5.41) is 3.85. The van der Waals surface area contributed by atoms with Crippen LogP contribution >= 0.6 is 0 Å². The van der Waals surface area contributed by atoms with E-state index < -0.39 is 5.54 Å². The molecule has 0 aromatic carbocycles. The van der Waals surface area contributed by atoms with E-state index in [1.807, 2.05) is 0 Å². The summed E-state index contributed by atoms with van der Waals surface area (Å²) in [6.07, 6.45) is 4.52. The lowest BCUT2D eigenvalue weighted by atomic mass is 9.78. The predicted molar refractivity (Wildman–Crippen MR) is 51.7 cm³/mol. The standard InChI is InChI=1S/C10H11N3O2/c11-10(4-2-5-10)9-12-8(13-15-9)7-3-1-6-14-7/h1,3,6H,2,4-5,11H2. The van der Waals surface area contributed by atoms with E-state index in [2.05, 4.69) is 10.1 Å². The zero-order chi connectivity index (χ0) is 10.3. The quantitative estimate of drug-likeness (QED) is 0.806. The third-order valence-corrected chi connectivity index (χ3v) is 2.84. The van der Waals surface area contributed by atoms with Crippen LogP contribution in [0.25, 0.3) is 11.6 Å². The smallest absolute Gasteiger partial charge is 0.247 e. The molecular weight excluding hydrogens is 194 g/mol. The highest BCUT2D eigenvalue weighted by Gasteiger charge is 2.40. The number of aromatic nitrogens is 2. The molecule has 2 N–H and O–H groups in total. The minimum atomic E-state index is -0.405. The van der Waals surface area contributed by atoms with Crippen molar-refractivity contribution in [2.45, 2.75) is 24.8 Å². The van der Waals surface area contributed by atoms with Crippen molar-refractivity contribution in [1.82, 2.24) is 10.1 Å². The van der Waals surface area contributed by atoms with Crippen molar-refractivity contribution < 1.29 is 8.94 Å². The SMILES string of the molecule is NC1(c2nc(-c3ccco3)no2)CCC1. The highest BCUT2D eigenvalue weighted by Crippen LogP contribution is 2.38. The van der Waals surface area contributed by atoms with Crippen LogP contribution in [0.15, 0.2) is 27.3 Å². The molecule has 0 aliphatic heterocycles. The lowest BCUT2D eigenvalue weighted by Gasteiger charge is -2.33. The van der Waals surface area contributed by atoms with E-state index in [1.54, 1.807) is 18.4 Å². The topological polar surface area (TPSA) is 78.1 Å². The number of furan rings is 1. The summed E-state index contributed by atoms with van der Waals surface area (Å²) in [6.45, 7) is 0. The highest BCUT2D eigenvalue weighted by molar-refractivity contribution is 5.45. The Morgan fingerprint density at radius 2 is 2.27 bits per heavy atom. The van der Waals surface area contributed by atoms with Gasteiger partial charge < -0.3 is 14.7 Å². The summed E-state index contributed by atoms with van der Waals surface area (Å²) in [5.41, 5.74) is 5.66. The molecule has 0 amide bonds. The van der Waals surface area contributed by atoms with E-state index in [0.29, 0.717) is 17.5 Å². The zero-order valence-corrected chi connectivity index (χ0v) is 8.14. The van der Waals surface area contributed by atoms with E-state index in [0.717, 1.165) is 19.3 Å². The summed E-state index contributed by atoms with van der Waals surface area (Å²) in [5.74, 6) is 1.58. The maximum atomic E-state index is 6.06. The molecular formula is C10H11N3O2. The van der Waals surface area contributed by atoms with Crippen LogP contribution in [0.5, 0.6) is 0 Å². The average molecular weight is 205 g/mol. The lowest BCUT2D eigenvalue weighted by Crippen LogP contribution is -2.43. The Morgan fingerprint density at radius 3 is 2.87 bits per heavy atom. The van der Waals surface area contributed by atoms with Crippen molar-refractivity contribution in [3.63, 3.8) is 0 Å². The third kappa shape index (κ3) is 1.27. The van der Waals surface area contributed by atoms with Crippen LogP contribution in [-0.2, 0) is 5.54 Å². The van der Waals surface area contributed by atoms with Crippen LogP contribution in [0.4, 0.5) is 0 Å². The van der Waals surface area contributed by atoms with Crippen molar-refractivity contribution in [1.29, 1.82) is 0 Å². The number of nitrogens with zero attached hydrogens (tertiary/aromatic N) is 2. The molecule has 3 rings (SSSR count). The first-order chi connectivity index (χ1) is 7.28. The molecule has 15 heavy (non-hydrogen) atoms. The summed E-state index contributed by atoms with van der Waals surface area (Å²) in [6, 6.07) is 3.57. The summed E-state index contributed by atoms with van der Waals surface area (Å²) in [7, 11) is 0. The van der Waals surface area contributed by atoms with Gasteiger partial charge in [0.2, 0.25) is 11.7 Å². The van der Waals surface area contributed by atoms with E-state index in [-0.39, 0.29) is 0 Å². The van der Waals surface area contributed by atoms with Gasteiger partial charge in [0.15, 0.2) is 5.76 Å². The predicted octanol–water partition coefficient (Wildman–Crippen LogP) is 1.67. The second-order valence-corrected chi connectivity index (χ2v) is 3.91. The van der Waals surface area contributed by atoms with Crippen LogP contribution in [0.3, 0.4) is 0 Å². The maximum Gasteiger partial charge on any atom is 0.247 e. The van der Waals surface area contributed by atoms with Crippen LogP contribution in [0, 0.1) is 0 Å². The van der Waals surface area contributed by atoms with Crippen molar-refractivity contribution in [2.24, 2.45) is 5.73 Å². The Bertz CT molecular complexity index is 457. The minimum absolute atomic E-state index is 0.405. The van der Waals surface area contributed by atoms with Crippen LogP contribution in [0.2, 0.25) is 0 Å². The van der Waals surface area contributed by atoms with Gasteiger partial charge in [-0.3, -0.25) is 0 Å². The molecule has 78 valence electrons. The number of rotatable bonds is 2. The highest BCUT2D eigenvalue weighted by atomic mass is 16.5. The molecule has 0 spiro atoms. The van der Waals surface area contributed by atoms with E-state index >= 15 is 0 Å². The van der Waals surface area contributed by atoms with Crippen molar-refractivity contribution in [3.8, 4) is 11.6 Å². The molecule has 0 saturated heterocycles. The van der Waals surface area contributed by atoms with Crippen molar-refractivity contribution in [3.05, 3.63) is 24.3 Å². The minimum Gasteiger partial charge on any atom is -0.461 e. The Kier molecular flexibility index (Phi) is 1.70. The fourth-order valence-corrected chi connectivity index (χ4v) is 1.70. The number of hydrogen-bond acceptors (Lipinski definition) is 5. The first kappa shape index (κ1) is 8.67. The normalized spacial score (nSPS) is 18.7. The lowest BCUT2D eigenvalue weighted by molar-refractivity contribution is 0.181. The van der Waals surface area contributed by atoms with E-state index in [9.17, 15) is 0 Å². The summed E-state index contributed by atoms with van der Waals surface area (Å²) < 4.78 is 10.3. The molecule has 5 heteroatoms. The van der Waals surface area contributed by atoms with Gasteiger partial charge in [0.25, 0.3) is 0 Å². The Labute approximate surface area is 86.3 Å². The fraction of sp³-hybridized carbons (Fsp3) is 0.400. The first-order valence-corrected chi connectivity index (χ1v) is 4.95. The van der Waals surface area contributed by atoms with Gasteiger partial charge in [-0.1, -0.05) is 5.16 Å². The largest absolute Gasteiger partial charge is 0.461 e. The van der Waals surface area contributed by atoms with E-state index in [1.165, 1.54) is 0 Å². The second-order valence-electron chi connectivity index (χ2n) is 3.91. The third-order valence-electron chi connectivity index (χ3n) is 2.84. The molecule has 5 nitrogen and oxygen atoms in total. The number of hydrogen-bond donors (Lipinski definition) is 1. The van der Waals surface area contributed by atoms with Crippen molar-refractivity contribution in [2.75, 3.05) is 0 Å². The van der Waals surface area contributed by atoms with Gasteiger partial charge in [0, 0.05) is 0 Å². The zero-order valence-electron chi connectivity index (χ0n) is 8.14. The van der Waals surface area contributed by atoms with Gasteiger partial charge >= 0.3 is 0 Å². The monoisotopic (exact) mass is 205 g/mol. The molecule has 2 aromatic rings. The molecule has 0 bridgehead atoms. The molecule has 0 unspecified atom stereocenters.